The van der Waals surface area contributed by atoms with Gasteiger partial charge in [-0.2, -0.15) is 4.80 Å². The maximum atomic E-state index is 13.5. The molecule has 3 heterocycles. The summed E-state index contributed by atoms with van der Waals surface area (Å²) in [6, 6.07) is 15.4. The first-order valence-corrected chi connectivity index (χ1v) is 12.0. The summed E-state index contributed by atoms with van der Waals surface area (Å²) in [5, 5.41) is 14.4. The van der Waals surface area contributed by atoms with Crippen molar-refractivity contribution in [3.63, 3.8) is 0 Å². The molecule has 178 valence electrons. The summed E-state index contributed by atoms with van der Waals surface area (Å²) >= 11 is 6.14. The third-order valence-electron chi connectivity index (χ3n) is 5.92. The van der Waals surface area contributed by atoms with Crippen LogP contribution in [0.2, 0.25) is 5.02 Å². The Morgan fingerprint density at radius 3 is 2.26 bits per heavy atom. The average Bonchev–Trinajstić information content (AvgIpc) is 3.39. The molecule has 0 bridgehead atoms. The van der Waals surface area contributed by atoms with Gasteiger partial charge >= 0.3 is 0 Å². The molecule has 0 aliphatic carbocycles. The van der Waals surface area contributed by atoms with Crippen LogP contribution in [0, 0.1) is 6.92 Å². The first-order valence-electron chi connectivity index (χ1n) is 11.6. The van der Waals surface area contributed by atoms with Crippen molar-refractivity contribution in [1.82, 2.24) is 40.6 Å². The molecule has 0 radical (unpaired) electrons. The number of benzene rings is 2. The summed E-state index contributed by atoms with van der Waals surface area (Å²) in [5.74, 6) is -0.300. The average molecular weight is 489 g/mol. The second-order valence-corrected chi connectivity index (χ2v) is 8.98. The smallest absolute Gasteiger partial charge is 0.283 e. The van der Waals surface area contributed by atoms with Crippen molar-refractivity contribution < 1.29 is 4.79 Å². The van der Waals surface area contributed by atoms with E-state index in [2.05, 4.69) is 20.8 Å². The molecule has 1 saturated heterocycles. The number of nitrogens with one attached hydrogen (secondary N) is 1. The van der Waals surface area contributed by atoms with Crippen LogP contribution < -0.4 is 5.43 Å². The summed E-state index contributed by atoms with van der Waals surface area (Å²) in [7, 11) is 0. The maximum absolute atomic E-state index is 13.5. The molecule has 1 amide bonds. The van der Waals surface area contributed by atoms with E-state index in [0.29, 0.717) is 22.1 Å². The van der Waals surface area contributed by atoms with Crippen LogP contribution in [0.4, 0.5) is 0 Å². The van der Waals surface area contributed by atoms with Crippen molar-refractivity contribution in [1.29, 1.82) is 0 Å². The number of hydrazine groups is 1. The number of tetrazole rings is 1. The normalized spacial score (nSPS) is 14.1. The minimum absolute atomic E-state index is 0.157. The summed E-state index contributed by atoms with van der Waals surface area (Å²) in [6.45, 7) is 3.81. The summed E-state index contributed by atoms with van der Waals surface area (Å²) in [6.07, 6.45) is 4.61. The molecule has 2 aromatic heterocycles. The van der Waals surface area contributed by atoms with Gasteiger partial charge in [0.25, 0.3) is 5.91 Å². The Hall–Kier alpha value is -3.69. The first-order chi connectivity index (χ1) is 17.1. The van der Waals surface area contributed by atoms with Crippen LogP contribution in [-0.4, -0.2) is 54.2 Å². The lowest BCUT2D eigenvalue weighted by molar-refractivity contribution is 0.0743. The largest absolute Gasteiger partial charge is 0.286 e. The Morgan fingerprint density at radius 2 is 1.60 bits per heavy atom. The first kappa shape index (κ1) is 23.1. The van der Waals surface area contributed by atoms with Crippen LogP contribution in [0.5, 0.6) is 0 Å². The van der Waals surface area contributed by atoms with Gasteiger partial charge in [0.1, 0.15) is 6.54 Å². The van der Waals surface area contributed by atoms with Gasteiger partial charge in [-0.3, -0.25) is 10.2 Å². The van der Waals surface area contributed by atoms with Crippen molar-refractivity contribution in [3.05, 3.63) is 76.8 Å². The van der Waals surface area contributed by atoms with Crippen molar-refractivity contribution in [2.45, 2.75) is 32.7 Å². The molecule has 1 fully saturated rings. The lowest BCUT2D eigenvalue weighted by Crippen LogP contribution is -2.45. The van der Waals surface area contributed by atoms with Crippen LogP contribution in [0.25, 0.3) is 22.5 Å². The SMILES string of the molecule is Cc1ccc(-c2nc(C(=O)NN3CCCCC3)c(Cn3ncnn3)nc2-c2ccc(Cl)cc2)cc1. The number of aromatic nitrogens is 6. The molecule has 1 N–H and O–H groups in total. The molecule has 0 unspecified atom stereocenters. The van der Waals surface area contributed by atoms with Gasteiger partial charge in [0.15, 0.2) is 12.0 Å². The molecule has 1 aliphatic rings. The highest BCUT2D eigenvalue weighted by Crippen LogP contribution is 2.31. The van der Waals surface area contributed by atoms with Crippen LogP contribution in [0.15, 0.2) is 54.9 Å². The summed E-state index contributed by atoms with van der Waals surface area (Å²) in [4.78, 5) is 24.7. The lowest BCUT2D eigenvalue weighted by Gasteiger charge is -2.27. The van der Waals surface area contributed by atoms with E-state index < -0.39 is 0 Å². The molecule has 2 aromatic carbocycles. The fourth-order valence-electron chi connectivity index (χ4n) is 4.08. The molecule has 1 aliphatic heterocycles. The zero-order valence-electron chi connectivity index (χ0n) is 19.4. The Bertz CT molecular complexity index is 1300. The highest BCUT2D eigenvalue weighted by Gasteiger charge is 2.24. The van der Waals surface area contributed by atoms with Crippen molar-refractivity contribution in [2.75, 3.05) is 13.1 Å². The van der Waals surface area contributed by atoms with Crippen LogP contribution >= 0.6 is 11.6 Å². The maximum Gasteiger partial charge on any atom is 0.286 e. The number of rotatable bonds is 6. The van der Waals surface area contributed by atoms with Gasteiger partial charge in [-0.15, -0.1) is 10.2 Å². The van der Waals surface area contributed by atoms with Gasteiger partial charge in [-0.1, -0.05) is 60.0 Å². The molecule has 4 aromatic rings. The molecule has 5 rings (SSSR count). The standard InChI is InChI=1S/C25H25ClN8O/c1-17-5-7-18(8-6-17)23-22(19-9-11-20(26)12-10-19)29-21(15-34-28-16-27-32-34)24(30-23)25(35)31-33-13-3-2-4-14-33/h5-12,16H,2-4,13-15H2,1H3,(H,31,35). The number of nitrogens with zero attached hydrogens (tertiary/aromatic N) is 7. The number of carbonyl (C=O) groups excluding carboxylic acids is 1. The number of halogens is 1. The minimum atomic E-state index is -0.300. The number of hydrogen-bond donors (Lipinski definition) is 1. The van der Waals surface area contributed by atoms with E-state index in [4.69, 9.17) is 21.6 Å². The fourth-order valence-corrected chi connectivity index (χ4v) is 4.21. The lowest BCUT2D eigenvalue weighted by atomic mass is 10.0. The number of amides is 1. The van der Waals surface area contributed by atoms with Crippen LogP contribution in [0.1, 0.15) is 41.0 Å². The van der Waals surface area contributed by atoms with E-state index >= 15 is 0 Å². The Morgan fingerprint density at radius 1 is 0.943 bits per heavy atom. The second-order valence-electron chi connectivity index (χ2n) is 8.54. The molecule has 35 heavy (non-hydrogen) atoms. The minimum Gasteiger partial charge on any atom is -0.283 e. The predicted molar refractivity (Wildman–Crippen MR) is 132 cm³/mol. The number of piperidine rings is 1. The molecular weight excluding hydrogens is 464 g/mol. The van der Waals surface area contributed by atoms with E-state index in [1.165, 1.54) is 17.5 Å². The van der Waals surface area contributed by atoms with Crippen molar-refractivity contribution >= 4 is 17.5 Å². The second kappa shape index (κ2) is 10.3. The fraction of sp³-hybridized carbons (Fsp3) is 0.280. The zero-order valence-corrected chi connectivity index (χ0v) is 20.1. The van der Waals surface area contributed by atoms with Gasteiger partial charge in [-0.05, 0) is 37.1 Å². The van der Waals surface area contributed by atoms with Crippen molar-refractivity contribution in [2.24, 2.45) is 0 Å². The van der Waals surface area contributed by atoms with E-state index in [0.717, 1.165) is 42.6 Å². The van der Waals surface area contributed by atoms with Gasteiger partial charge in [0.05, 0.1) is 17.1 Å². The quantitative estimate of drug-likeness (QED) is 0.438. The third-order valence-corrected chi connectivity index (χ3v) is 6.18. The van der Waals surface area contributed by atoms with Crippen LogP contribution in [0.3, 0.4) is 0 Å². The third kappa shape index (κ3) is 5.36. The van der Waals surface area contributed by atoms with E-state index in [1.807, 2.05) is 60.5 Å². The molecule has 0 spiro atoms. The molecule has 10 heteroatoms. The van der Waals surface area contributed by atoms with E-state index in [1.54, 1.807) is 0 Å². The van der Waals surface area contributed by atoms with E-state index in [9.17, 15) is 4.79 Å². The highest BCUT2D eigenvalue weighted by atomic mass is 35.5. The van der Waals surface area contributed by atoms with Gasteiger partial charge in [0.2, 0.25) is 0 Å². The summed E-state index contributed by atoms with van der Waals surface area (Å²) < 4.78 is 0. The van der Waals surface area contributed by atoms with Gasteiger partial charge in [-0.25, -0.2) is 15.0 Å². The van der Waals surface area contributed by atoms with Crippen LogP contribution in [-0.2, 0) is 6.54 Å². The Labute approximate surface area is 208 Å². The topological polar surface area (TPSA) is 102 Å². The Kier molecular flexibility index (Phi) is 6.78. The van der Waals surface area contributed by atoms with Gasteiger partial charge < -0.3 is 0 Å². The highest BCUT2D eigenvalue weighted by molar-refractivity contribution is 6.30. The zero-order chi connectivity index (χ0) is 24.2. The Balaban J connectivity index is 1.64. The molecule has 0 saturated carbocycles. The molecule has 9 nitrogen and oxygen atoms in total. The monoisotopic (exact) mass is 488 g/mol. The number of carbonyl (C=O) groups is 1. The molecule has 0 atom stereocenters. The predicted octanol–water partition coefficient (Wildman–Crippen LogP) is 3.94. The van der Waals surface area contributed by atoms with Gasteiger partial charge in [0, 0.05) is 29.2 Å². The summed E-state index contributed by atoms with van der Waals surface area (Å²) in [5.41, 5.74) is 7.82. The number of aryl methyl sites for hydroxylation is 1. The molecular formula is C25H25ClN8O. The number of hydrogen-bond acceptors (Lipinski definition) is 7. The van der Waals surface area contributed by atoms with Crippen molar-refractivity contribution in [3.8, 4) is 22.5 Å². The van der Waals surface area contributed by atoms with E-state index in [-0.39, 0.29) is 18.1 Å².